The van der Waals surface area contributed by atoms with E-state index in [-0.39, 0.29) is 6.04 Å². The highest BCUT2D eigenvalue weighted by Gasteiger charge is 2.16. The first-order valence-corrected chi connectivity index (χ1v) is 7.38. The van der Waals surface area contributed by atoms with Gasteiger partial charge in [-0.25, -0.2) is 0 Å². The van der Waals surface area contributed by atoms with Crippen LogP contribution in [0.2, 0.25) is 0 Å². The van der Waals surface area contributed by atoms with Gasteiger partial charge in [-0.15, -0.1) is 0 Å². The molecule has 0 saturated carbocycles. The normalized spacial score (nSPS) is 12.2. The summed E-state index contributed by atoms with van der Waals surface area (Å²) in [6, 6.07) is 10.7. The molecule has 0 spiro atoms. The zero-order chi connectivity index (χ0) is 15.4. The lowest BCUT2D eigenvalue weighted by Crippen LogP contribution is -2.23. The Balaban J connectivity index is 2.47. The SMILES string of the molecule is CCNC(c1cc(C)nc(C)c1)c1ccc(OC)cc1C. The van der Waals surface area contributed by atoms with Crippen LogP contribution in [0.15, 0.2) is 30.3 Å². The third-order valence-corrected chi connectivity index (χ3v) is 3.63. The van der Waals surface area contributed by atoms with Crippen LogP contribution in [0.4, 0.5) is 0 Å². The van der Waals surface area contributed by atoms with Crippen LogP contribution in [-0.2, 0) is 0 Å². The van der Waals surface area contributed by atoms with Crippen molar-refractivity contribution in [1.82, 2.24) is 10.3 Å². The van der Waals surface area contributed by atoms with Gasteiger partial charge in [0.1, 0.15) is 5.75 Å². The smallest absolute Gasteiger partial charge is 0.119 e. The number of aryl methyl sites for hydroxylation is 3. The summed E-state index contributed by atoms with van der Waals surface area (Å²) in [4.78, 5) is 4.47. The van der Waals surface area contributed by atoms with Crippen molar-refractivity contribution in [2.24, 2.45) is 0 Å². The van der Waals surface area contributed by atoms with E-state index in [2.05, 4.69) is 48.4 Å². The van der Waals surface area contributed by atoms with E-state index in [9.17, 15) is 0 Å². The van der Waals surface area contributed by atoms with Crippen LogP contribution in [0.5, 0.6) is 5.75 Å². The summed E-state index contributed by atoms with van der Waals surface area (Å²) in [5.41, 5.74) is 5.88. The van der Waals surface area contributed by atoms with Crippen molar-refractivity contribution < 1.29 is 4.74 Å². The van der Waals surface area contributed by atoms with E-state index in [1.807, 2.05) is 19.9 Å². The Labute approximate surface area is 127 Å². The number of methoxy groups -OCH3 is 1. The van der Waals surface area contributed by atoms with Crippen LogP contribution in [0.1, 0.15) is 41.0 Å². The van der Waals surface area contributed by atoms with Gasteiger partial charge >= 0.3 is 0 Å². The van der Waals surface area contributed by atoms with Gasteiger partial charge in [-0.1, -0.05) is 13.0 Å². The van der Waals surface area contributed by atoms with Gasteiger partial charge in [0.25, 0.3) is 0 Å². The summed E-state index contributed by atoms with van der Waals surface area (Å²) in [7, 11) is 1.70. The largest absolute Gasteiger partial charge is 0.497 e. The van der Waals surface area contributed by atoms with Gasteiger partial charge in [-0.2, -0.15) is 0 Å². The molecule has 3 nitrogen and oxygen atoms in total. The molecule has 0 saturated heterocycles. The van der Waals surface area contributed by atoms with E-state index in [0.717, 1.165) is 23.7 Å². The fourth-order valence-corrected chi connectivity index (χ4v) is 2.74. The van der Waals surface area contributed by atoms with Gasteiger partial charge in [0.15, 0.2) is 0 Å². The molecule has 0 bridgehead atoms. The third-order valence-electron chi connectivity index (χ3n) is 3.63. The highest BCUT2D eigenvalue weighted by Crippen LogP contribution is 2.28. The van der Waals surface area contributed by atoms with Crippen LogP contribution in [0.25, 0.3) is 0 Å². The van der Waals surface area contributed by atoms with Crippen LogP contribution in [0.3, 0.4) is 0 Å². The van der Waals surface area contributed by atoms with Gasteiger partial charge in [-0.05, 0) is 68.3 Å². The van der Waals surface area contributed by atoms with E-state index < -0.39 is 0 Å². The Bertz CT molecular complexity index is 602. The van der Waals surface area contributed by atoms with Gasteiger partial charge in [-0.3, -0.25) is 4.98 Å². The van der Waals surface area contributed by atoms with Gasteiger partial charge in [0.05, 0.1) is 13.2 Å². The van der Waals surface area contributed by atoms with Crippen LogP contribution >= 0.6 is 0 Å². The van der Waals surface area contributed by atoms with Crippen molar-refractivity contribution in [2.45, 2.75) is 33.7 Å². The van der Waals surface area contributed by atoms with E-state index in [1.165, 1.54) is 16.7 Å². The molecule has 0 aliphatic heterocycles. The van der Waals surface area contributed by atoms with Crippen molar-refractivity contribution in [1.29, 1.82) is 0 Å². The van der Waals surface area contributed by atoms with Crippen molar-refractivity contribution in [3.63, 3.8) is 0 Å². The first kappa shape index (κ1) is 15.5. The monoisotopic (exact) mass is 284 g/mol. The maximum absolute atomic E-state index is 5.30. The quantitative estimate of drug-likeness (QED) is 0.908. The minimum atomic E-state index is 0.182. The molecule has 0 radical (unpaired) electrons. The second-order valence-electron chi connectivity index (χ2n) is 5.40. The highest BCUT2D eigenvalue weighted by atomic mass is 16.5. The van der Waals surface area contributed by atoms with Gasteiger partial charge in [0, 0.05) is 11.4 Å². The van der Waals surface area contributed by atoms with Crippen molar-refractivity contribution in [2.75, 3.05) is 13.7 Å². The Morgan fingerprint density at radius 1 is 1.10 bits per heavy atom. The Morgan fingerprint density at radius 3 is 2.29 bits per heavy atom. The van der Waals surface area contributed by atoms with Crippen LogP contribution in [-0.4, -0.2) is 18.6 Å². The Hall–Kier alpha value is -1.87. The lowest BCUT2D eigenvalue weighted by atomic mass is 9.94. The zero-order valence-electron chi connectivity index (χ0n) is 13.5. The Kier molecular flexibility index (Phi) is 4.97. The zero-order valence-corrected chi connectivity index (χ0v) is 13.5. The summed E-state index contributed by atoms with van der Waals surface area (Å²) >= 11 is 0. The lowest BCUT2D eigenvalue weighted by Gasteiger charge is -2.22. The number of rotatable bonds is 5. The standard InChI is InChI=1S/C18H24N2O/c1-6-19-18(15-10-13(3)20-14(4)11-15)17-8-7-16(21-5)9-12(17)2/h7-11,18-19H,6H2,1-5H3. The van der Waals surface area contributed by atoms with Crippen LogP contribution in [0, 0.1) is 20.8 Å². The molecule has 0 amide bonds. The molecule has 112 valence electrons. The molecule has 0 aliphatic rings. The molecule has 0 fully saturated rings. The molecule has 1 unspecified atom stereocenters. The average molecular weight is 284 g/mol. The first-order valence-electron chi connectivity index (χ1n) is 7.38. The fourth-order valence-electron chi connectivity index (χ4n) is 2.74. The molecular formula is C18H24N2O. The molecule has 1 aromatic carbocycles. The van der Waals surface area contributed by atoms with E-state index >= 15 is 0 Å². The summed E-state index contributed by atoms with van der Waals surface area (Å²) in [5.74, 6) is 0.897. The molecule has 1 heterocycles. The number of nitrogens with zero attached hydrogens (tertiary/aromatic N) is 1. The van der Waals surface area contributed by atoms with E-state index in [4.69, 9.17) is 4.74 Å². The minimum Gasteiger partial charge on any atom is -0.497 e. The van der Waals surface area contributed by atoms with Crippen LogP contribution < -0.4 is 10.1 Å². The average Bonchev–Trinajstić information content (AvgIpc) is 2.44. The number of hydrogen-bond acceptors (Lipinski definition) is 3. The molecule has 0 aliphatic carbocycles. The lowest BCUT2D eigenvalue weighted by molar-refractivity contribution is 0.414. The minimum absolute atomic E-state index is 0.182. The summed E-state index contributed by atoms with van der Waals surface area (Å²) in [5, 5.41) is 3.58. The second kappa shape index (κ2) is 6.72. The molecule has 1 atom stereocenters. The molecular weight excluding hydrogens is 260 g/mol. The first-order chi connectivity index (χ1) is 10.0. The van der Waals surface area contributed by atoms with Crippen molar-refractivity contribution >= 4 is 0 Å². The second-order valence-corrected chi connectivity index (χ2v) is 5.40. The Morgan fingerprint density at radius 2 is 1.76 bits per heavy atom. The molecule has 2 aromatic rings. The van der Waals surface area contributed by atoms with Crippen molar-refractivity contribution in [3.8, 4) is 5.75 Å². The molecule has 1 aromatic heterocycles. The molecule has 3 heteroatoms. The number of benzene rings is 1. The summed E-state index contributed by atoms with van der Waals surface area (Å²) in [6.07, 6.45) is 0. The topological polar surface area (TPSA) is 34.2 Å². The highest BCUT2D eigenvalue weighted by molar-refractivity contribution is 5.41. The van der Waals surface area contributed by atoms with Gasteiger partial charge in [0.2, 0.25) is 0 Å². The maximum Gasteiger partial charge on any atom is 0.119 e. The predicted octanol–water partition coefficient (Wildman–Crippen LogP) is 3.71. The summed E-state index contributed by atoms with van der Waals surface area (Å²) in [6.45, 7) is 9.26. The number of nitrogens with one attached hydrogen (secondary N) is 1. The van der Waals surface area contributed by atoms with Crippen molar-refractivity contribution in [3.05, 3.63) is 58.4 Å². The summed E-state index contributed by atoms with van der Waals surface area (Å²) < 4.78 is 5.30. The van der Waals surface area contributed by atoms with E-state index in [0.29, 0.717) is 0 Å². The maximum atomic E-state index is 5.30. The van der Waals surface area contributed by atoms with E-state index in [1.54, 1.807) is 7.11 Å². The molecule has 2 rings (SSSR count). The van der Waals surface area contributed by atoms with Gasteiger partial charge < -0.3 is 10.1 Å². The molecule has 21 heavy (non-hydrogen) atoms. The number of aromatic nitrogens is 1. The fraction of sp³-hybridized carbons (Fsp3) is 0.389. The number of hydrogen-bond donors (Lipinski definition) is 1. The number of pyridine rings is 1. The molecule has 1 N–H and O–H groups in total. The predicted molar refractivity (Wildman–Crippen MR) is 87.0 cm³/mol. The third kappa shape index (κ3) is 3.61. The number of ether oxygens (including phenoxy) is 1.